The Morgan fingerprint density at radius 3 is 2.57 bits per heavy atom. The van der Waals surface area contributed by atoms with E-state index in [1.54, 1.807) is 7.11 Å². The van der Waals surface area contributed by atoms with Gasteiger partial charge in [-0.2, -0.15) is 0 Å². The molecule has 1 aromatic rings. The second-order valence-corrected chi connectivity index (χ2v) is 6.92. The van der Waals surface area contributed by atoms with Gasteiger partial charge in [0.05, 0.1) is 13.7 Å². The third-order valence-electron chi connectivity index (χ3n) is 4.55. The van der Waals surface area contributed by atoms with E-state index in [9.17, 15) is 5.11 Å². The number of nitrogens with zero attached hydrogens (tertiary/aromatic N) is 1. The number of benzene rings is 1. The minimum atomic E-state index is 0.324. The zero-order valence-corrected chi connectivity index (χ0v) is 14.8. The zero-order chi connectivity index (χ0) is 16.7. The normalized spacial score (nSPS) is 16.7. The largest absolute Gasteiger partial charge is 0.493 e. The molecule has 1 aromatic carbocycles. The zero-order valence-electron chi connectivity index (χ0n) is 14.8. The van der Waals surface area contributed by atoms with Crippen LogP contribution in [0.5, 0.6) is 11.5 Å². The average molecular weight is 321 g/mol. The van der Waals surface area contributed by atoms with Gasteiger partial charge in [-0.25, -0.2) is 0 Å². The van der Waals surface area contributed by atoms with E-state index in [1.807, 2.05) is 6.07 Å². The van der Waals surface area contributed by atoms with Crippen LogP contribution in [0.15, 0.2) is 18.2 Å². The fourth-order valence-corrected chi connectivity index (χ4v) is 2.92. The molecule has 4 nitrogen and oxygen atoms in total. The Kier molecular flexibility index (Phi) is 7.18. The number of piperidine rings is 1. The summed E-state index contributed by atoms with van der Waals surface area (Å²) in [4.78, 5) is 2.45. The second kappa shape index (κ2) is 9.14. The number of hydrogen-bond donors (Lipinski definition) is 1. The summed E-state index contributed by atoms with van der Waals surface area (Å²) in [7, 11) is 1.68. The number of likely N-dealkylation sites (tertiary alicyclic amines) is 1. The number of methoxy groups -OCH3 is 1. The first kappa shape index (κ1) is 18.1. The molecule has 1 N–H and O–H groups in total. The number of hydrogen-bond acceptors (Lipinski definition) is 4. The smallest absolute Gasteiger partial charge is 0.161 e. The molecule has 1 saturated heterocycles. The Morgan fingerprint density at radius 1 is 1.22 bits per heavy atom. The van der Waals surface area contributed by atoms with Crippen LogP contribution in [0, 0.1) is 11.8 Å². The SMILES string of the molecule is COc1ccc(CN2CCC(CO)CC2)cc1OCCC(C)C. The highest BCUT2D eigenvalue weighted by molar-refractivity contribution is 5.43. The lowest BCUT2D eigenvalue weighted by Crippen LogP contribution is -2.34. The fourth-order valence-electron chi connectivity index (χ4n) is 2.92. The quantitative estimate of drug-likeness (QED) is 0.797. The lowest BCUT2D eigenvalue weighted by atomic mass is 9.97. The average Bonchev–Trinajstić information content (AvgIpc) is 2.55. The maximum absolute atomic E-state index is 9.23. The van der Waals surface area contributed by atoms with Crippen molar-refractivity contribution in [1.82, 2.24) is 4.90 Å². The van der Waals surface area contributed by atoms with E-state index in [2.05, 4.69) is 30.9 Å². The van der Waals surface area contributed by atoms with Gasteiger partial charge in [-0.15, -0.1) is 0 Å². The monoisotopic (exact) mass is 321 g/mol. The molecule has 130 valence electrons. The minimum Gasteiger partial charge on any atom is -0.493 e. The van der Waals surface area contributed by atoms with Crippen LogP contribution < -0.4 is 9.47 Å². The van der Waals surface area contributed by atoms with Gasteiger partial charge in [0, 0.05) is 13.2 Å². The van der Waals surface area contributed by atoms with Crippen molar-refractivity contribution in [3.63, 3.8) is 0 Å². The number of aliphatic hydroxyl groups excluding tert-OH is 1. The Balaban J connectivity index is 1.94. The second-order valence-electron chi connectivity index (χ2n) is 6.92. The molecule has 4 heteroatoms. The van der Waals surface area contributed by atoms with Crippen LogP contribution in [-0.4, -0.2) is 43.4 Å². The summed E-state index contributed by atoms with van der Waals surface area (Å²) in [5.41, 5.74) is 1.26. The molecule has 0 spiro atoms. The first-order valence-electron chi connectivity index (χ1n) is 8.75. The van der Waals surface area contributed by atoms with Gasteiger partial charge in [-0.3, -0.25) is 4.90 Å². The molecule has 1 aliphatic heterocycles. The van der Waals surface area contributed by atoms with Crippen LogP contribution in [0.1, 0.15) is 38.7 Å². The molecule has 0 aromatic heterocycles. The van der Waals surface area contributed by atoms with Crippen LogP contribution in [0.4, 0.5) is 0 Å². The standard InChI is InChI=1S/C19H31NO3/c1-15(2)8-11-23-19-12-17(4-5-18(19)22-3)13-20-9-6-16(14-21)7-10-20/h4-5,12,15-16,21H,6-11,13-14H2,1-3H3. The molecule has 0 unspecified atom stereocenters. The lowest BCUT2D eigenvalue weighted by Gasteiger charge is -2.31. The topological polar surface area (TPSA) is 41.9 Å². The minimum absolute atomic E-state index is 0.324. The predicted octanol–water partition coefficient (Wildman–Crippen LogP) is 3.32. The molecule has 0 radical (unpaired) electrons. The molecule has 1 aliphatic rings. The van der Waals surface area contributed by atoms with Crippen molar-refractivity contribution in [2.75, 3.05) is 33.4 Å². The fraction of sp³-hybridized carbons (Fsp3) is 0.684. The summed E-state index contributed by atoms with van der Waals surface area (Å²) in [6.45, 7) is 8.49. The van der Waals surface area contributed by atoms with Crippen LogP contribution in [0.3, 0.4) is 0 Å². The predicted molar refractivity (Wildman–Crippen MR) is 93.0 cm³/mol. The maximum Gasteiger partial charge on any atom is 0.161 e. The van der Waals surface area contributed by atoms with E-state index in [0.29, 0.717) is 18.4 Å². The highest BCUT2D eigenvalue weighted by Gasteiger charge is 2.19. The Bertz CT molecular complexity index is 468. The van der Waals surface area contributed by atoms with Crippen molar-refractivity contribution in [2.24, 2.45) is 11.8 Å². The van der Waals surface area contributed by atoms with Crippen LogP contribution >= 0.6 is 0 Å². The van der Waals surface area contributed by atoms with Crippen molar-refractivity contribution in [2.45, 2.75) is 39.7 Å². The number of ether oxygens (including phenoxy) is 2. The Labute approximate surface area is 140 Å². The third-order valence-corrected chi connectivity index (χ3v) is 4.55. The van der Waals surface area contributed by atoms with Gasteiger partial charge in [0.1, 0.15) is 0 Å². The summed E-state index contributed by atoms with van der Waals surface area (Å²) in [6, 6.07) is 6.23. The van der Waals surface area contributed by atoms with E-state index in [1.165, 1.54) is 5.56 Å². The van der Waals surface area contributed by atoms with E-state index in [4.69, 9.17) is 9.47 Å². The van der Waals surface area contributed by atoms with E-state index < -0.39 is 0 Å². The van der Waals surface area contributed by atoms with E-state index >= 15 is 0 Å². The van der Waals surface area contributed by atoms with Crippen molar-refractivity contribution in [3.8, 4) is 11.5 Å². The van der Waals surface area contributed by atoms with Crippen molar-refractivity contribution < 1.29 is 14.6 Å². The maximum atomic E-state index is 9.23. The van der Waals surface area contributed by atoms with Crippen LogP contribution in [0.25, 0.3) is 0 Å². The van der Waals surface area contributed by atoms with Gasteiger partial charge in [0.25, 0.3) is 0 Å². The molecule has 0 amide bonds. The summed E-state index contributed by atoms with van der Waals surface area (Å²) in [6.07, 6.45) is 3.22. The van der Waals surface area contributed by atoms with Gasteiger partial charge in [0.2, 0.25) is 0 Å². The molecule has 1 heterocycles. The molecule has 0 aliphatic carbocycles. The van der Waals surface area contributed by atoms with Gasteiger partial charge < -0.3 is 14.6 Å². The molecule has 1 fully saturated rings. The summed E-state index contributed by atoms with van der Waals surface area (Å²) < 4.78 is 11.3. The van der Waals surface area contributed by atoms with Gasteiger partial charge in [-0.1, -0.05) is 19.9 Å². The molecule has 0 saturated carbocycles. The summed E-state index contributed by atoms with van der Waals surface area (Å²) in [5, 5.41) is 9.23. The third kappa shape index (κ3) is 5.70. The highest BCUT2D eigenvalue weighted by Crippen LogP contribution is 2.29. The number of aliphatic hydroxyl groups is 1. The highest BCUT2D eigenvalue weighted by atomic mass is 16.5. The molecule has 0 bridgehead atoms. The van der Waals surface area contributed by atoms with E-state index in [0.717, 1.165) is 57.0 Å². The summed E-state index contributed by atoms with van der Waals surface area (Å²) >= 11 is 0. The molecular weight excluding hydrogens is 290 g/mol. The molecule has 0 atom stereocenters. The first-order valence-corrected chi connectivity index (χ1v) is 8.75. The van der Waals surface area contributed by atoms with Crippen molar-refractivity contribution >= 4 is 0 Å². The molecule has 2 rings (SSSR count). The van der Waals surface area contributed by atoms with Gasteiger partial charge >= 0.3 is 0 Å². The first-order chi connectivity index (χ1) is 11.1. The van der Waals surface area contributed by atoms with Crippen molar-refractivity contribution in [3.05, 3.63) is 23.8 Å². The lowest BCUT2D eigenvalue weighted by molar-refractivity contribution is 0.127. The van der Waals surface area contributed by atoms with Crippen LogP contribution in [0.2, 0.25) is 0 Å². The Morgan fingerprint density at radius 2 is 1.96 bits per heavy atom. The van der Waals surface area contributed by atoms with Crippen LogP contribution in [-0.2, 0) is 6.54 Å². The van der Waals surface area contributed by atoms with Gasteiger partial charge in [-0.05, 0) is 61.9 Å². The summed E-state index contributed by atoms with van der Waals surface area (Å²) in [5.74, 6) is 2.77. The molecular formula is C19H31NO3. The number of rotatable bonds is 8. The van der Waals surface area contributed by atoms with Gasteiger partial charge in [0.15, 0.2) is 11.5 Å². The van der Waals surface area contributed by atoms with E-state index in [-0.39, 0.29) is 0 Å². The Hall–Kier alpha value is -1.26. The molecule has 23 heavy (non-hydrogen) atoms. The van der Waals surface area contributed by atoms with Crippen molar-refractivity contribution in [1.29, 1.82) is 0 Å².